The first-order valence-corrected chi connectivity index (χ1v) is 4.98. The van der Waals surface area contributed by atoms with Crippen molar-refractivity contribution < 1.29 is 9.90 Å². The molecule has 1 aliphatic carbocycles. The second kappa shape index (κ2) is 4.57. The third-order valence-corrected chi connectivity index (χ3v) is 2.28. The number of carboxylic acids is 1. The van der Waals surface area contributed by atoms with E-state index >= 15 is 0 Å². The van der Waals surface area contributed by atoms with Crippen molar-refractivity contribution in [3.63, 3.8) is 0 Å². The molecule has 0 spiro atoms. The Morgan fingerprint density at radius 1 is 1.19 bits per heavy atom. The van der Waals surface area contributed by atoms with Crippen molar-refractivity contribution in [2.45, 2.75) is 0 Å². The highest BCUT2D eigenvalue weighted by Crippen LogP contribution is 2.16. The molecule has 0 aromatic heterocycles. The van der Waals surface area contributed by atoms with E-state index < -0.39 is 11.9 Å². The van der Waals surface area contributed by atoms with E-state index in [1.807, 2.05) is 30.3 Å². The molecule has 1 aromatic rings. The van der Waals surface area contributed by atoms with Crippen LogP contribution in [0.3, 0.4) is 0 Å². The zero-order chi connectivity index (χ0) is 11.4. The lowest BCUT2D eigenvalue weighted by Gasteiger charge is -2.10. The summed E-state index contributed by atoms with van der Waals surface area (Å²) in [7, 11) is 0. The van der Waals surface area contributed by atoms with Crippen molar-refractivity contribution >= 4 is 17.4 Å². The fraction of sp³-hybridized carbons (Fsp3) is 0.0769. The quantitative estimate of drug-likeness (QED) is 0.820. The smallest absolute Gasteiger partial charge is 0.316 e. The zero-order valence-electron chi connectivity index (χ0n) is 8.58. The van der Waals surface area contributed by atoms with Crippen molar-refractivity contribution in [1.82, 2.24) is 0 Å². The predicted molar refractivity (Wildman–Crippen MR) is 62.9 cm³/mol. The van der Waals surface area contributed by atoms with Crippen molar-refractivity contribution in [1.29, 1.82) is 0 Å². The molecular weight excluding hydrogens is 202 g/mol. The van der Waals surface area contributed by atoms with Gasteiger partial charge in [-0.1, -0.05) is 36.4 Å². The van der Waals surface area contributed by atoms with Crippen LogP contribution in [0.5, 0.6) is 0 Å². The van der Waals surface area contributed by atoms with Crippen LogP contribution in [0.25, 0.3) is 0 Å². The maximum atomic E-state index is 11.0. The number of hydrogen-bond donors (Lipinski definition) is 1. The second-order valence-electron chi connectivity index (χ2n) is 3.43. The van der Waals surface area contributed by atoms with Crippen molar-refractivity contribution in [3.05, 3.63) is 54.6 Å². The van der Waals surface area contributed by atoms with E-state index in [1.54, 1.807) is 24.3 Å². The average molecular weight is 213 g/mol. The summed E-state index contributed by atoms with van der Waals surface area (Å²) >= 11 is 0. The van der Waals surface area contributed by atoms with Gasteiger partial charge in [0, 0.05) is 0 Å². The molecule has 0 saturated carbocycles. The van der Waals surface area contributed by atoms with Crippen LogP contribution < -0.4 is 0 Å². The molecule has 3 nitrogen and oxygen atoms in total. The number of hydrogen-bond acceptors (Lipinski definition) is 2. The number of benzene rings is 1. The van der Waals surface area contributed by atoms with E-state index in [-0.39, 0.29) is 0 Å². The Morgan fingerprint density at radius 2 is 1.94 bits per heavy atom. The monoisotopic (exact) mass is 213 g/mol. The number of carbonyl (C=O) groups is 1. The van der Waals surface area contributed by atoms with Crippen molar-refractivity contribution in [2.24, 2.45) is 10.9 Å². The molecule has 0 bridgehead atoms. The largest absolute Gasteiger partial charge is 0.481 e. The van der Waals surface area contributed by atoms with E-state index in [2.05, 4.69) is 4.99 Å². The highest BCUT2D eigenvalue weighted by atomic mass is 16.4. The third kappa shape index (κ3) is 2.25. The first kappa shape index (κ1) is 10.4. The first-order valence-electron chi connectivity index (χ1n) is 4.98. The van der Waals surface area contributed by atoms with Gasteiger partial charge in [-0.15, -0.1) is 0 Å². The predicted octanol–water partition coefficient (Wildman–Crippen LogP) is 2.59. The van der Waals surface area contributed by atoms with Gasteiger partial charge in [-0.05, 0) is 18.2 Å². The summed E-state index contributed by atoms with van der Waals surface area (Å²) < 4.78 is 0. The van der Waals surface area contributed by atoms with Gasteiger partial charge in [-0.2, -0.15) is 0 Å². The number of aliphatic imine (C=N–C) groups is 1. The summed E-state index contributed by atoms with van der Waals surface area (Å²) in [6.45, 7) is 0. The molecule has 1 aromatic carbocycles. The summed E-state index contributed by atoms with van der Waals surface area (Å²) in [5, 5.41) is 9.02. The lowest BCUT2D eigenvalue weighted by Crippen LogP contribution is -2.21. The Balaban J connectivity index is 2.32. The van der Waals surface area contributed by atoms with E-state index in [1.165, 1.54) is 0 Å². The van der Waals surface area contributed by atoms with Gasteiger partial charge >= 0.3 is 5.97 Å². The standard InChI is InChI=1S/C13H11NO2/c15-13(16)11-8-4-5-9-12(11)14-10-6-2-1-3-7-10/h1-9,11H,(H,15,16). The minimum absolute atomic E-state index is 0.557. The number of carboxylic acid groups (broad SMARTS) is 1. The number of nitrogens with zero attached hydrogens (tertiary/aromatic N) is 1. The van der Waals surface area contributed by atoms with Crippen LogP contribution in [0.15, 0.2) is 59.6 Å². The maximum Gasteiger partial charge on any atom is 0.316 e. The summed E-state index contributed by atoms with van der Waals surface area (Å²) in [6, 6.07) is 9.33. The van der Waals surface area contributed by atoms with Crippen LogP contribution in [-0.4, -0.2) is 16.8 Å². The fourth-order valence-electron chi connectivity index (χ4n) is 1.50. The van der Waals surface area contributed by atoms with Gasteiger partial charge < -0.3 is 5.11 Å². The van der Waals surface area contributed by atoms with Gasteiger partial charge in [0.15, 0.2) is 0 Å². The highest BCUT2D eigenvalue weighted by molar-refractivity contribution is 6.11. The van der Waals surface area contributed by atoms with Crippen LogP contribution in [0.4, 0.5) is 5.69 Å². The Kier molecular flexibility index (Phi) is 2.96. The topological polar surface area (TPSA) is 49.7 Å². The van der Waals surface area contributed by atoms with Crippen molar-refractivity contribution in [2.75, 3.05) is 0 Å². The van der Waals surface area contributed by atoms with Gasteiger partial charge in [-0.3, -0.25) is 9.79 Å². The Hall–Kier alpha value is -2.16. The molecule has 1 unspecified atom stereocenters. The molecule has 2 rings (SSSR count). The Morgan fingerprint density at radius 3 is 2.62 bits per heavy atom. The molecular formula is C13H11NO2. The normalized spacial score (nSPS) is 21.2. The van der Waals surface area contributed by atoms with Crippen LogP contribution in [0.2, 0.25) is 0 Å². The zero-order valence-corrected chi connectivity index (χ0v) is 8.58. The van der Waals surface area contributed by atoms with E-state index in [0.29, 0.717) is 5.71 Å². The highest BCUT2D eigenvalue weighted by Gasteiger charge is 2.20. The number of para-hydroxylation sites is 1. The van der Waals surface area contributed by atoms with E-state index in [4.69, 9.17) is 5.11 Å². The summed E-state index contributed by atoms with van der Waals surface area (Å²) in [4.78, 5) is 15.3. The van der Waals surface area contributed by atoms with Gasteiger partial charge in [0.1, 0.15) is 5.92 Å². The van der Waals surface area contributed by atoms with Crippen LogP contribution in [0, 0.1) is 5.92 Å². The third-order valence-electron chi connectivity index (χ3n) is 2.28. The molecule has 1 aliphatic rings. The van der Waals surface area contributed by atoms with E-state index in [9.17, 15) is 4.79 Å². The summed E-state index contributed by atoms with van der Waals surface area (Å²) in [5.41, 5.74) is 1.32. The molecule has 0 radical (unpaired) electrons. The summed E-state index contributed by atoms with van der Waals surface area (Å²) in [5.74, 6) is -1.53. The van der Waals surface area contributed by atoms with Gasteiger partial charge in [0.25, 0.3) is 0 Å². The Bertz CT molecular complexity index is 472. The molecule has 16 heavy (non-hydrogen) atoms. The van der Waals surface area contributed by atoms with Crippen LogP contribution >= 0.6 is 0 Å². The second-order valence-corrected chi connectivity index (χ2v) is 3.43. The molecule has 1 atom stereocenters. The van der Waals surface area contributed by atoms with Gasteiger partial charge in [0.05, 0.1) is 11.4 Å². The maximum absolute atomic E-state index is 11.0. The number of aliphatic carboxylic acids is 1. The van der Waals surface area contributed by atoms with Gasteiger partial charge in [0.2, 0.25) is 0 Å². The minimum Gasteiger partial charge on any atom is -0.481 e. The van der Waals surface area contributed by atoms with Gasteiger partial charge in [-0.25, -0.2) is 0 Å². The lowest BCUT2D eigenvalue weighted by molar-refractivity contribution is -0.138. The summed E-state index contributed by atoms with van der Waals surface area (Å²) in [6.07, 6.45) is 6.87. The number of rotatable bonds is 2. The molecule has 0 saturated heterocycles. The van der Waals surface area contributed by atoms with Crippen LogP contribution in [0.1, 0.15) is 0 Å². The Labute approximate surface area is 93.5 Å². The molecule has 0 heterocycles. The SMILES string of the molecule is O=C(O)C1C=CC=CC1=Nc1ccccc1. The molecule has 80 valence electrons. The average Bonchev–Trinajstić information content (AvgIpc) is 2.31. The molecule has 0 amide bonds. The number of allylic oxidation sites excluding steroid dienone is 3. The van der Waals surface area contributed by atoms with Crippen molar-refractivity contribution in [3.8, 4) is 0 Å². The van der Waals surface area contributed by atoms with Crippen LogP contribution in [-0.2, 0) is 4.79 Å². The first-order chi connectivity index (χ1) is 7.77. The lowest BCUT2D eigenvalue weighted by atomic mass is 9.98. The molecule has 1 N–H and O–H groups in total. The molecule has 0 aliphatic heterocycles. The fourth-order valence-corrected chi connectivity index (χ4v) is 1.50. The van der Waals surface area contributed by atoms with E-state index in [0.717, 1.165) is 5.69 Å². The molecule has 3 heteroatoms. The minimum atomic E-state index is -0.879. The molecule has 0 fully saturated rings.